The van der Waals surface area contributed by atoms with E-state index in [-0.39, 0.29) is 24.0 Å². The second kappa shape index (κ2) is 5.23. The normalized spacial score (nSPS) is 28.7. The summed E-state index contributed by atoms with van der Waals surface area (Å²) in [5.41, 5.74) is -0.587. The fourth-order valence-corrected chi connectivity index (χ4v) is 3.12. The molecule has 1 aromatic heterocycles. The Balaban J connectivity index is 1.91. The summed E-state index contributed by atoms with van der Waals surface area (Å²) in [6.07, 6.45) is 0.623. The van der Waals surface area contributed by atoms with Gasteiger partial charge in [0.1, 0.15) is 0 Å². The summed E-state index contributed by atoms with van der Waals surface area (Å²) < 4.78 is 5.60. The molecule has 0 bridgehead atoms. The van der Waals surface area contributed by atoms with Gasteiger partial charge < -0.3 is 15.2 Å². The number of hydrogen-bond acceptors (Lipinski definition) is 4. The highest BCUT2D eigenvalue weighted by molar-refractivity contribution is 7.08. The molecule has 1 fully saturated rings. The maximum absolute atomic E-state index is 11.9. The number of ether oxygens (including phenoxy) is 1. The number of thiophene rings is 1. The Kier molecular flexibility index (Phi) is 3.99. The maximum atomic E-state index is 11.9. The molecular weight excluding hydrogens is 262 g/mol. The van der Waals surface area contributed by atoms with Gasteiger partial charge >= 0.3 is 0 Å². The van der Waals surface area contributed by atoms with Gasteiger partial charge in [-0.25, -0.2) is 0 Å². The van der Waals surface area contributed by atoms with E-state index in [0.29, 0.717) is 18.6 Å². The van der Waals surface area contributed by atoms with Gasteiger partial charge in [0.15, 0.2) is 0 Å². The van der Waals surface area contributed by atoms with E-state index in [0.717, 1.165) is 0 Å². The second-order valence-electron chi connectivity index (χ2n) is 5.60. The van der Waals surface area contributed by atoms with E-state index in [4.69, 9.17) is 4.74 Å². The van der Waals surface area contributed by atoms with Crippen LogP contribution in [0.4, 0.5) is 0 Å². The number of hydrogen-bond donors (Lipinski definition) is 2. The summed E-state index contributed by atoms with van der Waals surface area (Å²) in [7, 11) is 0. The minimum absolute atomic E-state index is 0.0561. The number of rotatable bonds is 5. The zero-order valence-corrected chi connectivity index (χ0v) is 12.4. The SMILES string of the molecule is CCOC1CC(O)(CNC(=O)c2ccsc2)C1(C)C. The van der Waals surface area contributed by atoms with Crippen LogP contribution >= 0.6 is 11.3 Å². The average Bonchev–Trinajstić information content (AvgIpc) is 2.89. The highest BCUT2D eigenvalue weighted by Gasteiger charge is 2.59. The van der Waals surface area contributed by atoms with Gasteiger partial charge in [-0.3, -0.25) is 4.79 Å². The molecular formula is C14H21NO3S. The molecule has 4 nitrogen and oxygen atoms in total. The van der Waals surface area contributed by atoms with Crippen LogP contribution in [0, 0.1) is 5.41 Å². The molecule has 1 aliphatic rings. The van der Waals surface area contributed by atoms with Crippen molar-refractivity contribution in [2.75, 3.05) is 13.2 Å². The summed E-state index contributed by atoms with van der Waals surface area (Å²) >= 11 is 1.48. The van der Waals surface area contributed by atoms with Crippen LogP contribution in [0.5, 0.6) is 0 Å². The lowest BCUT2D eigenvalue weighted by Crippen LogP contribution is -2.68. The van der Waals surface area contributed by atoms with E-state index in [1.165, 1.54) is 11.3 Å². The number of carbonyl (C=O) groups excluding carboxylic acids is 1. The van der Waals surface area contributed by atoms with Crippen molar-refractivity contribution < 1.29 is 14.6 Å². The molecule has 0 saturated heterocycles. The van der Waals surface area contributed by atoms with E-state index in [9.17, 15) is 9.90 Å². The first-order valence-corrected chi connectivity index (χ1v) is 7.49. The molecule has 1 aliphatic carbocycles. The Morgan fingerprint density at radius 1 is 1.63 bits per heavy atom. The molecule has 1 saturated carbocycles. The van der Waals surface area contributed by atoms with Gasteiger partial charge in [-0.2, -0.15) is 11.3 Å². The lowest BCUT2D eigenvalue weighted by molar-refractivity contribution is -0.237. The maximum Gasteiger partial charge on any atom is 0.252 e. The Bertz CT molecular complexity index is 444. The van der Waals surface area contributed by atoms with Crippen LogP contribution in [0.3, 0.4) is 0 Å². The predicted molar refractivity (Wildman–Crippen MR) is 75.4 cm³/mol. The third-order valence-corrected chi connectivity index (χ3v) is 4.90. The fourth-order valence-electron chi connectivity index (χ4n) is 2.48. The zero-order valence-electron chi connectivity index (χ0n) is 11.6. The van der Waals surface area contributed by atoms with Crippen LogP contribution in [0.1, 0.15) is 37.6 Å². The van der Waals surface area contributed by atoms with Crippen LogP contribution < -0.4 is 5.32 Å². The van der Waals surface area contributed by atoms with Gasteiger partial charge in [-0.05, 0) is 18.4 Å². The van der Waals surface area contributed by atoms with Crippen LogP contribution in [0.15, 0.2) is 16.8 Å². The van der Waals surface area contributed by atoms with E-state index in [2.05, 4.69) is 5.32 Å². The second-order valence-corrected chi connectivity index (χ2v) is 6.38. The highest BCUT2D eigenvalue weighted by Crippen LogP contribution is 2.50. The lowest BCUT2D eigenvalue weighted by atomic mass is 9.56. The molecule has 5 heteroatoms. The standard InChI is InChI=1S/C14H21NO3S/c1-4-18-11-7-14(17,13(11,2)3)9-15-12(16)10-5-6-19-8-10/h5-6,8,11,17H,4,7,9H2,1-3H3,(H,15,16). The van der Waals surface area contributed by atoms with Crippen molar-refractivity contribution >= 4 is 17.2 Å². The van der Waals surface area contributed by atoms with Gasteiger partial charge in [0, 0.05) is 35.9 Å². The molecule has 2 N–H and O–H groups in total. The molecule has 2 rings (SSSR count). The first-order chi connectivity index (χ1) is 8.90. The molecule has 1 amide bonds. The molecule has 1 heterocycles. The third-order valence-electron chi connectivity index (χ3n) is 4.22. The van der Waals surface area contributed by atoms with Crippen molar-refractivity contribution in [3.63, 3.8) is 0 Å². The Morgan fingerprint density at radius 3 is 2.89 bits per heavy atom. The number of nitrogens with one attached hydrogen (secondary N) is 1. The first-order valence-electron chi connectivity index (χ1n) is 6.55. The summed E-state index contributed by atoms with van der Waals surface area (Å²) in [4.78, 5) is 11.9. The molecule has 1 aromatic rings. The third kappa shape index (κ3) is 2.55. The molecule has 2 atom stereocenters. The highest BCUT2D eigenvalue weighted by atomic mass is 32.1. The molecule has 19 heavy (non-hydrogen) atoms. The van der Waals surface area contributed by atoms with Crippen LogP contribution in [-0.2, 0) is 4.74 Å². The Morgan fingerprint density at radius 2 is 2.37 bits per heavy atom. The minimum atomic E-state index is -0.890. The largest absolute Gasteiger partial charge is 0.387 e. The van der Waals surface area contributed by atoms with E-state index in [1.807, 2.05) is 26.2 Å². The van der Waals surface area contributed by atoms with E-state index >= 15 is 0 Å². The van der Waals surface area contributed by atoms with Gasteiger partial charge in [0.25, 0.3) is 5.91 Å². The minimum Gasteiger partial charge on any atom is -0.387 e. The molecule has 106 valence electrons. The molecule has 0 radical (unpaired) electrons. The van der Waals surface area contributed by atoms with Gasteiger partial charge in [0.2, 0.25) is 0 Å². The van der Waals surface area contributed by atoms with Crippen LogP contribution in [0.2, 0.25) is 0 Å². The van der Waals surface area contributed by atoms with Crippen LogP contribution in [-0.4, -0.2) is 35.9 Å². The van der Waals surface area contributed by atoms with Crippen molar-refractivity contribution in [2.45, 2.75) is 38.9 Å². The van der Waals surface area contributed by atoms with Gasteiger partial charge in [-0.15, -0.1) is 0 Å². The monoisotopic (exact) mass is 283 g/mol. The number of amides is 1. The molecule has 2 unspecified atom stereocenters. The zero-order chi connectivity index (χ0) is 14.1. The quantitative estimate of drug-likeness (QED) is 0.869. The first kappa shape index (κ1) is 14.5. The Labute approximate surface area is 117 Å². The average molecular weight is 283 g/mol. The summed E-state index contributed by atoms with van der Waals surface area (Å²) in [6, 6.07) is 1.78. The van der Waals surface area contributed by atoms with Crippen molar-refractivity contribution in [1.29, 1.82) is 0 Å². The van der Waals surface area contributed by atoms with E-state index in [1.54, 1.807) is 11.4 Å². The summed E-state index contributed by atoms with van der Waals surface area (Å²) in [6.45, 7) is 6.82. The van der Waals surface area contributed by atoms with Crippen molar-refractivity contribution in [3.05, 3.63) is 22.4 Å². The number of aliphatic hydroxyl groups is 1. The molecule has 0 aromatic carbocycles. The predicted octanol–water partition coefficient (Wildman–Crippen LogP) is 2.04. The number of carbonyl (C=O) groups is 1. The lowest BCUT2D eigenvalue weighted by Gasteiger charge is -2.57. The summed E-state index contributed by atoms with van der Waals surface area (Å²) in [5, 5.41) is 17.1. The van der Waals surface area contributed by atoms with Crippen molar-refractivity contribution in [1.82, 2.24) is 5.32 Å². The molecule has 0 aliphatic heterocycles. The molecule has 0 spiro atoms. The topological polar surface area (TPSA) is 58.6 Å². The smallest absolute Gasteiger partial charge is 0.252 e. The Hall–Kier alpha value is -0.910. The van der Waals surface area contributed by atoms with Crippen molar-refractivity contribution in [2.24, 2.45) is 5.41 Å². The van der Waals surface area contributed by atoms with Gasteiger partial charge in [0.05, 0.1) is 11.7 Å². The van der Waals surface area contributed by atoms with Crippen molar-refractivity contribution in [3.8, 4) is 0 Å². The summed E-state index contributed by atoms with van der Waals surface area (Å²) in [5.74, 6) is -0.134. The van der Waals surface area contributed by atoms with Gasteiger partial charge in [-0.1, -0.05) is 13.8 Å². The van der Waals surface area contributed by atoms with E-state index < -0.39 is 5.60 Å². The fraction of sp³-hybridized carbons (Fsp3) is 0.643. The van der Waals surface area contributed by atoms with Crippen LogP contribution in [0.25, 0.3) is 0 Å².